The number of hydrogen-bond acceptors (Lipinski definition) is 4. The largest absolute Gasteiger partial charge is 0.481 e. The van der Waals surface area contributed by atoms with Gasteiger partial charge in [-0.25, -0.2) is 4.79 Å². The summed E-state index contributed by atoms with van der Waals surface area (Å²) in [7, 11) is 0. The quantitative estimate of drug-likeness (QED) is 0.752. The Labute approximate surface area is 116 Å². The lowest BCUT2D eigenvalue weighted by atomic mass is 10.1. The molecule has 1 atom stereocenters. The lowest BCUT2D eigenvalue weighted by Gasteiger charge is -2.30. The molecule has 1 aliphatic rings. The monoisotopic (exact) mass is 278 g/mol. The van der Waals surface area contributed by atoms with E-state index < -0.39 is 5.97 Å². The molecule has 0 aliphatic carbocycles. The zero-order valence-electron chi connectivity index (χ0n) is 11.1. The van der Waals surface area contributed by atoms with Crippen LogP contribution >= 0.6 is 0 Å². The number of likely N-dealkylation sites (tertiary alicyclic amines) is 1. The molecule has 7 heteroatoms. The normalized spacial score (nSPS) is 18.6. The molecule has 4 N–H and O–H groups in total. The van der Waals surface area contributed by atoms with Gasteiger partial charge < -0.3 is 21.1 Å². The van der Waals surface area contributed by atoms with Gasteiger partial charge in [-0.15, -0.1) is 0 Å². The number of carboxylic acids is 1. The van der Waals surface area contributed by atoms with Gasteiger partial charge in [-0.2, -0.15) is 0 Å². The van der Waals surface area contributed by atoms with E-state index in [0.29, 0.717) is 24.5 Å². The molecule has 1 fully saturated rings. The fraction of sp³-hybridized carbons (Fsp3) is 0.462. The molecule has 0 aromatic carbocycles. The van der Waals surface area contributed by atoms with Crippen molar-refractivity contribution in [1.29, 1.82) is 0 Å². The zero-order valence-corrected chi connectivity index (χ0v) is 11.1. The first-order chi connectivity index (χ1) is 9.54. The summed E-state index contributed by atoms with van der Waals surface area (Å²) in [6, 6.07) is 3.07. The number of piperidine rings is 1. The highest BCUT2D eigenvalue weighted by Crippen LogP contribution is 2.12. The average Bonchev–Trinajstić information content (AvgIpc) is 2.40. The average molecular weight is 278 g/mol. The number of pyridine rings is 1. The minimum Gasteiger partial charge on any atom is -0.481 e. The van der Waals surface area contributed by atoms with Gasteiger partial charge in [0.15, 0.2) is 0 Å². The molecule has 0 radical (unpaired) electrons. The number of nitrogens with zero attached hydrogens (tertiary/aromatic N) is 2. The van der Waals surface area contributed by atoms with E-state index >= 15 is 0 Å². The molecular weight excluding hydrogens is 260 g/mol. The Balaban J connectivity index is 1.92. The SMILES string of the molecule is NC1CCCN(C(=O)Nc2ccc(CC(=O)O)nc2)C1. The van der Waals surface area contributed by atoms with E-state index in [0.717, 1.165) is 12.8 Å². The van der Waals surface area contributed by atoms with E-state index in [4.69, 9.17) is 10.8 Å². The van der Waals surface area contributed by atoms with Crippen LogP contribution in [0.1, 0.15) is 18.5 Å². The molecule has 0 saturated carbocycles. The highest BCUT2D eigenvalue weighted by atomic mass is 16.4. The molecule has 108 valence electrons. The van der Waals surface area contributed by atoms with Gasteiger partial charge in [0.2, 0.25) is 0 Å². The highest BCUT2D eigenvalue weighted by Gasteiger charge is 2.21. The van der Waals surface area contributed by atoms with Crippen molar-refractivity contribution in [2.24, 2.45) is 5.73 Å². The van der Waals surface area contributed by atoms with Crippen LogP contribution in [0.3, 0.4) is 0 Å². The van der Waals surface area contributed by atoms with Crippen molar-refractivity contribution < 1.29 is 14.7 Å². The number of nitrogens with one attached hydrogen (secondary N) is 1. The summed E-state index contributed by atoms with van der Waals surface area (Å²) in [5.41, 5.74) is 6.83. The van der Waals surface area contributed by atoms with Crippen LogP contribution in [0.4, 0.5) is 10.5 Å². The van der Waals surface area contributed by atoms with E-state index in [1.54, 1.807) is 17.0 Å². The van der Waals surface area contributed by atoms with Crippen LogP contribution in [0.5, 0.6) is 0 Å². The number of carboxylic acid groups (broad SMARTS) is 1. The minimum absolute atomic E-state index is 0.0329. The van der Waals surface area contributed by atoms with Crippen molar-refractivity contribution in [3.05, 3.63) is 24.0 Å². The summed E-state index contributed by atoms with van der Waals surface area (Å²) in [6.45, 7) is 1.25. The molecule has 7 nitrogen and oxygen atoms in total. The van der Waals surface area contributed by atoms with E-state index in [2.05, 4.69) is 10.3 Å². The number of urea groups is 1. The summed E-state index contributed by atoms with van der Waals surface area (Å²) in [4.78, 5) is 28.2. The van der Waals surface area contributed by atoms with Gasteiger partial charge in [0, 0.05) is 19.1 Å². The van der Waals surface area contributed by atoms with Gasteiger partial charge in [0.1, 0.15) is 0 Å². The van der Waals surface area contributed by atoms with Crippen molar-refractivity contribution >= 4 is 17.7 Å². The van der Waals surface area contributed by atoms with Crippen molar-refractivity contribution in [2.75, 3.05) is 18.4 Å². The molecule has 1 aromatic heterocycles. The van der Waals surface area contributed by atoms with Crippen molar-refractivity contribution in [3.8, 4) is 0 Å². The van der Waals surface area contributed by atoms with Crippen molar-refractivity contribution in [3.63, 3.8) is 0 Å². The number of aliphatic carboxylic acids is 1. The van der Waals surface area contributed by atoms with E-state index in [1.165, 1.54) is 6.20 Å². The lowest BCUT2D eigenvalue weighted by Crippen LogP contribution is -2.47. The van der Waals surface area contributed by atoms with Gasteiger partial charge in [0.05, 0.1) is 24.0 Å². The second-order valence-corrected chi connectivity index (χ2v) is 4.89. The topological polar surface area (TPSA) is 109 Å². The molecule has 1 aliphatic heterocycles. The van der Waals surface area contributed by atoms with Crippen molar-refractivity contribution in [1.82, 2.24) is 9.88 Å². The molecule has 1 aromatic rings. The second kappa shape index (κ2) is 6.33. The number of aromatic nitrogens is 1. The van der Waals surface area contributed by atoms with Crippen LogP contribution in [0.2, 0.25) is 0 Å². The van der Waals surface area contributed by atoms with Crippen LogP contribution in [-0.4, -0.2) is 46.1 Å². The van der Waals surface area contributed by atoms with Gasteiger partial charge in [-0.05, 0) is 25.0 Å². The number of carbonyl (C=O) groups excluding carboxylic acids is 1. The predicted molar refractivity (Wildman–Crippen MR) is 73.4 cm³/mol. The molecule has 0 spiro atoms. The van der Waals surface area contributed by atoms with Crippen LogP contribution in [0, 0.1) is 0 Å². The molecule has 1 saturated heterocycles. The second-order valence-electron chi connectivity index (χ2n) is 4.89. The molecule has 1 unspecified atom stereocenters. The van der Waals surface area contributed by atoms with Crippen LogP contribution in [0.25, 0.3) is 0 Å². The Morgan fingerprint density at radius 3 is 2.90 bits per heavy atom. The number of rotatable bonds is 3. The van der Waals surface area contributed by atoms with Crippen LogP contribution in [0.15, 0.2) is 18.3 Å². The van der Waals surface area contributed by atoms with Gasteiger partial charge in [0.25, 0.3) is 0 Å². The maximum absolute atomic E-state index is 12.0. The van der Waals surface area contributed by atoms with Crippen LogP contribution < -0.4 is 11.1 Å². The fourth-order valence-corrected chi connectivity index (χ4v) is 2.15. The predicted octanol–water partition coefficient (Wildman–Crippen LogP) is 0.664. The molecule has 2 rings (SSSR count). The summed E-state index contributed by atoms with van der Waals surface area (Å²) >= 11 is 0. The van der Waals surface area contributed by atoms with Gasteiger partial charge in [-0.3, -0.25) is 9.78 Å². The first-order valence-electron chi connectivity index (χ1n) is 6.53. The smallest absolute Gasteiger partial charge is 0.321 e. The maximum atomic E-state index is 12.0. The maximum Gasteiger partial charge on any atom is 0.321 e. The molecule has 20 heavy (non-hydrogen) atoms. The third kappa shape index (κ3) is 3.92. The highest BCUT2D eigenvalue weighted by molar-refractivity contribution is 5.89. The number of nitrogens with two attached hydrogens (primary N) is 1. The third-order valence-corrected chi connectivity index (χ3v) is 3.15. The van der Waals surface area contributed by atoms with E-state index in [9.17, 15) is 9.59 Å². The first-order valence-corrected chi connectivity index (χ1v) is 6.53. The number of hydrogen-bond donors (Lipinski definition) is 3. The molecular formula is C13H18N4O3. The number of carbonyl (C=O) groups is 2. The lowest BCUT2D eigenvalue weighted by molar-refractivity contribution is -0.136. The minimum atomic E-state index is -0.934. The summed E-state index contributed by atoms with van der Waals surface area (Å²) < 4.78 is 0. The zero-order chi connectivity index (χ0) is 14.5. The van der Waals surface area contributed by atoms with E-state index in [1.807, 2.05) is 0 Å². The molecule has 0 bridgehead atoms. The Hall–Kier alpha value is -2.15. The standard InChI is InChI=1S/C13H18N4O3/c14-9-2-1-5-17(8-9)13(20)16-11-4-3-10(15-7-11)6-12(18)19/h3-4,7,9H,1-2,5-6,8,14H2,(H,16,20)(H,18,19). The Morgan fingerprint density at radius 2 is 2.30 bits per heavy atom. The Bertz CT molecular complexity index is 489. The van der Waals surface area contributed by atoms with Crippen molar-refractivity contribution in [2.45, 2.75) is 25.3 Å². The molecule has 2 heterocycles. The Kier molecular flexibility index (Phi) is 4.52. The van der Waals surface area contributed by atoms with Gasteiger partial charge >= 0.3 is 12.0 Å². The number of anilines is 1. The number of amides is 2. The third-order valence-electron chi connectivity index (χ3n) is 3.15. The van der Waals surface area contributed by atoms with Gasteiger partial charge in [-0.1, -0.05) is 0 Å². The Morgan fingerprint density at radius 1 is 1.50 bits per heavy atom. The fourth-order valence-electron chi connectivity index (χ4n) is 2.15. The first kappa shape index (κ1) is 14.3. The summed E-state index contributed by atoms with van der Waals surface area (Å²) in [5, 5.41) is 11.4. The molecule has 2 amide bonds. The van der Waals surface area contributed by atoms with E-state index in [-0.39, 0.29) is 18.5 Å². The summed E-state index contributed by atoms with van der Waals surface area (Å²) in [5.74, 6) is -0.934. The summed E-state index contributed by atoms with van der Waals surface area (Å²) in [6.07, 6.45) is 3.18. The van der Waals surface area contributed by atoms with Crippen LogP contribution in [-0.2, 0) is 11.2 Å².